The zero-order valence-corrected chi connectivity index (χ0v) is 10.6. The Balaban J connectivity index is 2.82. The summed E-state index contributed by atoms with van der Waals surface area (Å²) < 4.78 is 5.81. The molecule has 0 amide bonds. The minimum absolute atomic E-state index is 0.225. The highest BCUT2D eigenvalue weighted by Gasteiger charge is 2.40. The van der Waals surface area contributed by atoms with Crippen LogP contribution in [0.25, 0.3) is 0 Å². The van der Waals surface area contributed by atoms with E-state index in [2.05, 4.69) is 48.5 Å². The van der Waals surface area contributed by atoms with Gasteiger partial charge in [-0.3, -0.25) is 0 Å². The zero-order chi connectivity index (χ0) is 11.1. The second-order valence-electron chi connectivity index (χ2n) is 6.53. The third-order valence-corrected chi connectivity index (χ3v) is 3.01. The van der Waals surface area contributed by atoms with E-state index < -0.39 is 0 Å². The van der Waals surface area contributed by atoms with Gasteiger partial charge >= 0.3 is 0 Å². The highest BCUT2D eigenvalue weighted by atomic mass is 16.5. The summed E-state index contributed by atoms with van der Waals surface area (Å²) in [6.45, 7) is 15.8. The summed E-state index contributed by atoms with van der Waals surface area (Å²) in [6, 6.07) is 0. The average Bonchev–Trinajstić information content (AvgIpc) is 2.26. The largest absolute Gasteiger partial charge is 0.497 e. The molecule has 0 aromatic carbocycles. The molecule has 1 aliphatic heterocycles. The van der Waals surface area contributed by atoms with Crippen molar-refractivity contribution in [1.29, 1.82) is 0 Å². The first-order valence-corrected chi connectivity index (χ1v) is 5.50. The van der Waals surface area contributed by atoms with Crippen molar-refractivity contribution in [2.75, 3.05) is 0 Å². The second-order valence-corrected chi connectivity index (χ2v) is 6.53. The summed E-state index contributed by atoms with van der Waals surface area (Å²) in [4.78, 5) is 0. The van der Waals surface area contributed by atoms with Crippen molar-refractivity contribution in [2.24, 2.45) is 16.7 Å². The fraction of sp³-hybridized carbons (Fsp3) is 0.846. The number of hydrogen-bond donors (Lipinski definition) is 0. The predicted octanol–water partition coefficient (Wildman–Crippen LogP) is 4.00. The first kappa shape index (κ1) is 11.6. The summed E-state index contributed by atoms with van der Waals surface area (Å²) in [5.41, 5.74) is 1.90. The van der Waals surface area contributed by atoms with E-state index in [4.69, 9.17) is 4.74 Å². The van der Waals surface area contributed by atoms with Crippen LogP contribution in [-0.2, 0) is 4.74 Å². The van der Waals surface area contributed by atoms with Crippen LogP contribution in [0.5, 0.6) is 0 Å². The van der Waals surface area contributed by atoms with Gasteiger partial charge in [0.15, 0.2) is 0 Å². The van der Waals surface area contributed by atoms with Crippen molar-refractivity contribution in [1.82, 2.24) is 0 Å². The monoisotopic (exact) mass is 196 g/mol. The van der Waals surface area contributed by atoms with E-state index in [1.165, 1.54) is 5.57 Å². The molecule has 0 saturated carbocycles. The van der Waals surface area contributed by atoms with Crippen LogP contribution in [0.1, 0.15) is 48.5 Å². The SMILES string of the molecule is CC1C(C(C)(C)C)=COC1C(C)(C)C. The van der Waals surface area contributed by atoms with Gasteiger partial charge in [0.2, 0.25) is 0 Å². The first-order valence-electron chi connectivity index (χ1n) is 5.50. The molecule has 0 bridgehead atoms. The van der Waals surface area contributed by atoms with Gasteiger partial charge in [-0.25, -0.2) is 0 Å². The van der Waals surface area contributed by atoms with E-state index in [0.717, 1.165) is 0 Å². The van der Waals surface area contributed by atoms with Gasteiger partial charge in [0, 0.05) is 5.92 Å². The first-order chi connectivity index (χ1) is 6.14. The molecule has 0 aliphatic carbocycles. The Hall–Kier alpha value is -0.460. The quantitative estimate of drug-likeness (QED) is 0.569. The Kier molecular flexibility index (Phi) is 2.73. The molecule has 0 spiro atoms. The summed E-state index contributed by atoms with van der Waals surface area (Å²) >= 11 is 0. The number of hydrogen-bond acceptors (Lipinski definition) is 1. The van der Waals surface area contributed by atoms with Gasteiger partial charge in [-0.15, -0.1) is 0 Å². The van der Waals surface area contributed by atoms with Crippen LogP contribution in [-0.4, -0.2) is 6.10 Å². The minimum atomic E-state index is 0.225. The lowest BCUT2D eigenvalue weighted by Crippen LogP contribution is -2.33. The Morgan fingerprint density at radius 1 is 1.07 bits per heavy atom. The van der Waals surface area contributed by atoms with E-state index in [9.17, 15) is 0 Å². The van der Waals surface area contributed by atoms with Crippen molar-refractivity contribution in [3.05, 3.63) is 11.8 Å². The Bertz CT molecular complexity index is 237. The summed E-state index contributed by atoms with van der Waals surface area (Å²) in [6.07, 6.45) is 2.32. The lowest BCUT2D eigenvalue weighted by Gasteiger charge is -2.32. The Labute approximate surface area is 88.5 Å². The third kappa shape index (κ3) is 2.13. The summed E-state index contributed by atoms with van der Waals surface area (Å²) in [5.74, 6) is 0.537. The lowest BCUT2D eigenvalue weighted by atomic mass is 9.73. The van der Waals surface area contributed by atoms with Crippen LogP contribution in [0.3, 0.4) is 0 Å². The van der Waals surface area contributed by atoms with Crippen LogP contribution >= 0.6 is 0 Å². The summed E-state index contributed by atoms with van der Waals surface area (Å²) in [5, 5.41) is 0. The highest BCUT2D eigenvalue weighted by Crippen LogP contribution is 2.43. The smallest absolute Gasteiger partial charge is 0.109 e. The molecule has 0 radical (unpaired) electrons. The topological polar surface area (TPSA) is 9.23 Å². The van der Waals surface area contributed by atoms with Crippen molar-refractivity contribution in [3.8, 4) is 0 Å². The number of rotatable bonds is 0. The zero-order valence-electron chi connectivity index (χ0n) is 10.6. The Morgan fingerprint density at radius 2 is 1.57 bits per heavy atom. The average molecular weight is 196 g/mol. The van der Waals surface area contributed by atoms with Crippen LogP contribution in [0.2, 0.25) is 0 Å². The molecule has 0 N–H and O–H groups in total. The molecule has 14 heavy (non-hydrogen) atoms. The lowest BCUT2D eigenvalue weighted by molar-refractivity contribution is 0.0380. The molecule has 1 heterocycles. The minimum Gasteiger partial charge on any atom is -0.497 e. The van der Waals surface area contributed by atoms with Crippen molar-refractivity contribution < 1.29 is 4.74 Å². The van der Waals surface area contributed by atoms with Gasteiger partial charge in [-0.1, -0.05) is 48.5 Å². The van der Waals surface area contributed by atoms with Crippen molar-refractivity contribution in [2.45, 2.75) is 54.6 Å². The van der Waals surface area contributed by atoms with Crippen molar-refractivity contribution in [3.63, 3.8) is 0 Å². The maximum atomic E-state index is 5.81. The fourth-order valence-electron chi connectivity index (χ4n) is 2.35. The molecule has 0 aromatic rings. The molecule has 1 rings (SSSR count). The van der Waals surface area contributed by atoms with Crippen molar-refractivity contribution >= 4 is 0 Å². The second kappa shape index (κ2) is 3.29. The van der Waals surface area contributed by atoms with Gasteiger partial charge in [-0.2, -0.15) is 0 Å². The molecule has 2 unspecified atom stereocenters. The van der Waals surface area contributed by atoms with Gasteiger partial charge in [0.05, 0.1) is 6.26 Å². The van der Waals surface area contributed by atoms with Gasteiger partial charge in [0.1, 0.15) is 6.10 Å². The Morgan fingerprint density at radius 3 is 1.79 bits per heavy atom. The standard InChI is InChI=1S/C13H24O/c1-9-10(12(2,3)4)8-14-11(9)13(5,6)7/h8-9,11H,1-7H3. The summed E-state index contributed by atoms with van der Waals surface area (Å²) in [7, 11) is 0. The normalized spacial score (nSPS) is 28.6. The van der Waals surface area contributed by atoms with Crippen LogP contribution in [0, 0.1) is 16.7 Å². The molecule has 0 fully saturated rings. The van der Waals surface area contributed by atoms with Crippen LogP contribution < -0.4 is 0 Å². The van der Waals surface area contributed by atoms with E-state index in [-0.39, 0.29) is 10.8 Å². The molecular weight excluding hydrogens is 172 g/mol. The van der Waals surface area contributed by atoms with E-state index in [0.29, 0.717) is 12.0 Å². The molecule has 0 saturated heterocycles. The predicted molar refractivity (Wildman–Crippen MR) is 61.0 cm³/mol. The molecular formula is C13H24O. The fourth-order valence-corrected chi connectivity index (χ4v) is 2.35. The van der Waals surface area contributed by atoms with E-state index >= 15 is 0 Å². The molecule has 1 heteroatoms. The molecule has 0 aromatic heterocycles. The van der Waals surface area contributed by atoms with Gasteiger partial charge < -0.3 is 4.74 Å². The van der Waals surface area contributed by atoms with E-state index in [1.54, 1.807) is 0 Å². The van der Waals surface area contributed by atoms with Gasteiger partial charge in [-0.05, 0) is 16.4 Å². The maximum Gasteiger partial charge on any atom is 0.109 e. The molecule has 1 nitrogen and oxygen atoms in total. The van der Waals surface area contributed by atoms with Crippen LogP contribution in [0.15, 0.2) is 11.8 Å². The number of ether oxygens (including phenoxy) is 1. The molecule has 2 atom stereocenters. The third-order valence-electron chi connectivity index (χ3n) is 3.01. The molecule has 82 valence electrons. The van der Waals surface area contributed by atoms with Gasteiger partial charge in [0.25, 0.3) is 0 Å². The maximum absolute atomic E-state index is 5.81. The highest BCUT2D eigenvalue weighted by molar-refractivity contribution is 5.18. The van der Waals surface area contributed by atoms with E-state index in [1.807, 2.05) is 6.26 Å². The molecule has 1 aliphatic rings. The van der Waals surface area contributed by atoms with Crippen LogP contribution in [0.4, 0.5) is 0 Å².